The Kier molecular flexibility index (Phi) is 6.73. The molecule has 1 unspecified atom stereocenters. The lowest BCUT2D eigenvalue weighted by Crippen LogP contribution is -2.45. The van der Waals surface area contributed by atoms with E-state index in [4.69, 9.17) is 0 Å². The molecule has 0 aromatic carbocycles. The molecule has 128 valence electrons. The minimum Gasteiger partial charge on any atom is -0.353 e. The van der Waals surface area contributed by atoms with Gasteiger partial charge in [-0.3, -0.25) is 4.79 Å². The van der Waals surface area contributed by atoms with Crippen molar-refractivity contribution >= 4 is 5.91 Å². The zero-order valence-electron chi connectivity index (χ0n) is 15.0. The molecule has 0 bridgehead atoms. The quantitative estimate of drug-likeness (QED) is 0.679. The Labute approximate surface area is 137 Å². The lowest BCUT2D eigenvalue weighted by atomic mass is 9.77. The van der Waals surface area contributed by atoms with Crippen molar-refractivity contribution < 1.29 is 4.79 Å². The van der Waals surface area contributed by atoms with Crippen LogP contribution in [0.1, 0.15) is 79.1 Å². The van der Waals surface area contributed by atoms with Gasteiger partial charge in [-0.25, -0.2) is 0 Å². The normalized spacial score (nSPS) is 32.2. The molecule has 0 radical (unpaired) electrons. The van der Waals surface area contributed by atoms with Gasteiger partial charge in [-0.2, -0.15) is 0 Å². The Morgan fingerprint density at radius 2 is 1.77 bits per heavy atom. The Balaban J connectivity index is 1.45. The minimum atomic E-state index is 0.242. The van der Waals surface area contributed by atoms with Crippen LogP contribution >= 0.6 is 0 Å². The molecule has 3 nitrogen and oxygen atoms in total. The lowest BCUT2D eigenvalue weighted by Gasteiger charge is -2.37. The smallest absolute Gasteiger partial charge is 0.220 e. The molecule has 2 N–H and O–H groups in total. The van der Waals surface area contributed by atoms with Crippen LogP contribution in [0.5, 0.6) is 0 Å². The Hall–Kier alpha value is -0.570. The predicted octanol–water partition coefficient (Wildman–Crippen LogP) is 3.87. The van der Waals surface area contributed by atoms with E-state index in [2.05, 4.69) is 38.3 Å². The Morgan fingerprint density at radius 1 is 1.09 bits per heavy atom. The number of carbonyl (C=O) groups is 1. The van der Waals surface area contributed by atoms with Gasteiger partial charge < -0.3 is 10.6 Å². The summed E-state index contributed by atoms with van der Waals surface area (Å²) in [5.74, 6) is 2.48. The summed E-state index contributed by atoms with van der Waals surface area (Å²) in [6, 6.07) is 1.91. The summed E-state index contributed by atoms with van der Waals surface area (Å²) in [6.45, 7) is 8.87. The van der Waals surface area contributed by atoms with Crippen LogP contribution in [0.15, 0.2) is 0 Å². The van der Waals surface area contributed by atoms with Gasteiger partial charge in [0.2, 0.25) is 5.91 Å². The molecule has 1 atom stereocenters. The fourth-order valence-electron chi connectivity index (χ4n) is 3.98. The van der Waals surface area contributed by atoms with Gasteiger partial charge in [-0.05, 0) is 56.8 Å². The average Bonchev–Trinajstić information content (AvgIpc) is 2.32. The van der Waals surface area contributed by atoms with Gasteiger partial charge in [0, 0.05) is 24.5 Å². The molecule has 0 spiro atoms. The van der Waals surface area contributed by atoms with Crippen molar-refractivity contribution in [1.29, 1.82) is 0 Å². The monoisotopic (exact) mass is 308 g/mol. The van der Waals surface area contributed by atoms with Gasteiger partial charge in [-0.15, -0.1) is 0 Å². The van der Waals surface area contributed by atoms with E-state index in [-0.39, 0.29) is 5.91 Å². The van der Waals surface area contributed by atoms with Gasteiger partial charge in [-0.1, -0.05) is 33.6 Å². The standard InChI is InChI=1S/C19H36N2O/c1-13(2)8-19(22)21-18-11-16(12-18)7-5-6-15(4)20-17-9-14(3)10-17/h13-18,20H,5-12H2,1-4H3,(H,21,22)/t14-,15?,16-,17+,18+. The summed E-state index contributed by atoms with van der Waals surface area (Å²) in [7, 11) is 0. The molecule has 0 aromatic rings. The number of hydrogen-bond donors (Lipinski definition) is 2. The van der Waals surface area contributed by atoms with Gasteiger partial charge in [0.15, 0.2) is 0 Å². The van der Waals surface area contributed by atoms with E-state index in [1.54, 1.807) is 0 Å². The first kappa shape index (κ1) is 17.8. The Bertz CT molecular complexity index is 343. The van der Waals surface area contributed by atoms with Crippen LogP contribution in [0.2, 0.25) is 0 Å². The van der Waals surface area contributed by atoms with E-state index in [1.807, 2.05) is 0 Å². The van der Waals surface area contributed by atoms with E-state index in [1.165, 1.54) is 44.9 Å². The third-order valence-corrected chi connectivity index (χ3v) is 5.34. The van der Waals surface area contributed by atoms with E-state index < -0.39 is 0 Å². The van der Waals surface area contributed by atoms with Crippen molar-refractivity contribution in [3.05, 3.63) is 0 Å². The zero-order chi connectivity index (χ0) is 16.1. The maximum Gasteiger partial charge on any atom is 0.220 e. The van der Waals surface area contributed by atoms with Crippen molar-refractivity contribution in [2.45, 2.75) is 97.2 Å². The van der Waals surface area contributed by atoms with Crippen LogP contribution in [0, 0.1) is 17.8 Å². The summed E-state index contributed by atoms with van der Waals surface area (Å²) in [6.07, 6.45) is 9.76. The summed E-state index contributed by atoms with van der Waals surface area (Å²) >= 11 is 0. The third-order valence-electron chi connectivity index (χ3n) is 5.34. The largest absolute Gasteiger partial charge is 0.353 e. The highest BCUT2D eigenvalue weighted by Gasteiger charge is 2.30. The molecule has 0 aliphatic heterocycles. The topological polar surface area (TPSA) is 41.1 Å². The third kappa shape index (κ3) is 5.91. The molecule has 22 heavy (non-hydrogen) atoms. The second kappa shape index (κ2) is 8.33. The van der Waals surface area contributed by atoms with Crippen molar-refractivity contribution in [3.63, 3.8) is 0 Å². The van der Waals surface area contributed by atoms with Gasteiger partial charge in [0.25, 0.3) is 0 Å². The molecule has 2 aliphatic carbocycles. The van der Waals surface area contributed by atoms with Crippen LogP contribution in [0.4, 0.5) is 0 Å². The SMILES string of the molecule is CC(C)CC(=O)N[C@H]1C[C@@H](CCCC(C)N[C@H]2C[C@@H](C)C2)C1. The molecular weight excluding hydrogens is 272 g/mol. The van der Waals surface area contributed by atoms with Gasteiger partial charge >= 0.3 is 0 Å². The average molecular weight is 309 g/mol. The molecule has 2 saturated carbocycles. The highest BCUT2D eigenvalue weighted by Crippen LogP contribution is 2.32. The first-order chi connectivity index (χ1) is 10.4. The van der Waals surface area contributed by atoms with E-state index in [0.29, 0.717) is 24.4 Å². The van der Waals surface area contributed by atoms with Crippen LogP contribution in [0.3, 0.4) is 0 Å². The number of amides is 1. The maximum absolute atomic E-state index is 11.7. The van der Waals surface area contributed by atoms with E-state index in [0.717, 1.165) is 17.9 Å². The summed E-state index contributed by atoms with van der Waals surface area (Å²) in [5.41, 5.74) is 0. The van der Waals surface area contributed by atoms with E-state index >= 15 is 0 Å². The molecule has 0 saturated heterocycles. The van der Waals surface area contributed by atoms with Crippen molar-refractivity contribution in [3.8, 4) is 0 Å². The number of rotatable bonds is 9. The highest BCUT2D eigenvalue weighted by molar-refractivity contribution is 5.76. The van der Waals surface area contributed by atoms with Crippen LogP contribution in [-0.4, -0.2) is 24.0 Å². The Morgan fingerprint density at radius 3 is 2.36 bits per heavy atom. The van der Waals surface area contributed by atoms with Crippen molar-refractivity contribution in [2.24, 2.45) is 17.8 Å². The predicted molar refractivity (Wildman–Crippen MR) is 92.7 cm³/mol. The molecular formula is C19H36N2O. The van der Waals surface area contributed by atoms with E-state index in [9.17, 15) is 4.79 Å². The second-order valence-electron chi connectivity index (χ2n) is 8.47. The molecule has 0 heterocycles. The minimum absolute atomic E-state index is 0.242. The highest BCUT2D eigenvalue weighted by atomic mass is 16.1. The summed E-state index contributed by atoms with van der Waals surface area (Å²) in [5, 5.41) is 6.92. The van der Waals surface area contributed by atoms with Crippen LogP contribution in [-0.2, 0) is 4.79 Å². The van der Waals surface area contributed by atoms with Gasteiger partial charge in [0.05, 0.1) is 0 Å². The van der Waals surface area contributed by atoms with Gasteiger partial charge in [0.1, 0.15) is 0 Å². The first-order valence-electron chi connectivity index (χ1n) is 9.47. The summed E-state index contributed by atoms with van der Waals surface area (Å²) < 4.78 is 0. The molecule has 2 rings (SSSR count). The molecule has 2 aliphatic rings. The molecule has 2 fully saturated rings. The number of carbonyl (C=O) groups excluding carboxylic acids is 1. The zero-order valence-corrected chi connectivity index (χ0v) is 15.0. The van der Waals surface area contributed by atoms with Crippen LogP contribution in [0.25, 0.3) is 0 Å². The molecule has 0 aromatic heterocycles. The number of nitrogens with one attached hydrogen (secondary N) is 2. The van der Waals surface area contributed by atoms with Crippen molar-refractivity contribution in [2.75, 3.05) is 0 Å². The molecule has 3 heteroatoms. The fourth-order valence-corrected chi connectivity index (χ4v) is 3.98. The summed E-state index contributed by atoms with van der Waals surface area (Å²) in [4.78, 5) is 11.7. The fraction of sp³-hybridized carbons (Fsp3) is 0.947. The second-order valence-corrected chi connectivity index (χ2v) is 8.47. The lowest BCUT2D eigenvalue weighted by molar-refractivity contribution is -0.123. The first-order valence-corrected chi connectivity index (χ1v) is 9.47. The maximum atomic E-state index is 11.7. The molecule has 1 amide bonds. The van der Waals surface area contributed by atoms with Crippen LogP contribution < -0.4 is 10.6 Å². The van der Waals surface area contributed by atoms with Crippen molar-refractivity contribution in [1.82, 2.24) is 10.6 Å². The number of hydrogen-bond acceptors (Lipinski definition) is 2.